The van der Waals surface area contributed by atoms with Crippen LogP contribution in [0.4, 0.5) is 28.8 Å². The first-order valence-electron chi connectivity index (χ1n) is 8.55. The predicted octanol–water partition coefficient (Wildman–Crippen LogP) is 3.47. The van der Waals surface area contributed by atoms with Crippen LogP contribution in [0.3, 0.4) is 0 Å². The fraction of sp³-hybridized carbons (Fsp3) is 0.100. The number of benzene rings is 2. The number of ether oxygens (including phenoxy) is 1. The first-order chi connectivity index (χ1) is 13.6. The molecule has 0 bridgehead atoms. The number of amides is 1. The van der Waals surface area contributed by atoms with Crippen LogP contribution in [0, 0.1) is 18.3 Å². The Hall–Kier alpha value is -4.12. The van der Waals surface area contributed by atoms with Crippen LogP contribution in [-0.4, -0.2) is 22.5 Å². The van der Waals surface area contributed by atoms with Gasteiger partial charge in [-0.15, -0.1) is 0 Å². The number of nitrogens with one attached hydrogen (secondary N) is 3. The highest BCUT2D eigenvalue weighted by Gasteiger charge is 2.16. The second kappa shape index (κ2) is 7.25. The summed E-state index contributed by atoms with van der Waals surface area (Å²) in [6.45, 7) is 1.92. The number of carbonyl (C=O) groups excluding carboxylic acids is 1. The van der Waals surface area contributed by atoms with Crippen LogP contribution in [0.15, 0.2) is 48.7 Å². The summed E-state index contributed by atoms with van der Waals surface area (Å²) in [5, 5.41) is 18.1. The average Bonchev–Trinajstić information content (AvgIpc) is 2.70. The van der Waals surface area contributed by atoms with Gasteiger partial charge in [0.05, 0.1) is 17.3 Å². The molecule has 1 aliphatic heterocycles. The highest BCUT2D eigenvalue weighted by atomic mass is 16.5. The summed E-state index contributed by atoms with van der Waals surface area (Å²) in [6.07, 6.45) is 1.70. The number of carbonyl (C=O) groups is 1. The number of aromatic nitrogens is 2. The second-order valence-corrected chi connectivity index (χ2v) is 6.22. The third kappa shape index (κ3) is 3.68. The fourth-order valence-corrected chi connectivity index (χ4v) is 2.72. The van der Waals surface area contributed by atoms with Gasteiger partial charge in [-0.05, 0) is 43.3 Å². The Bertz CT molecular complexity index is 1110. The lowest BCUT2D eigenvalue weighted by Crippen LogP contribution is -2.25. The van der Waals surface area contributed by atoms with E-state index in [1.54, 1.807) is 36.5 Å². The van der Waals surface area contributed by atoms with Gasteiger partial charge in [-0.2, -0.15) is 10.2 Å². The number of hydrogen-bond acceptors (Lipinski definition) is 7. The Morgan fingerprint density at radius 2 is 2.04 bits per heavy atom. The molecule has 28 heavy (non-hydrogen) atoms. The number of anilines is 5. The Balaban J connectivity index is 1.57. The van der Waals surface area contributed by atoms with Crippen molar-refractivity contribution in [3.05, 3.63) is 59.8 Å². The molecule has 1 aromatic heterocycles. The zero-order chi connectivity index (χ0) is 19.5. The number of hydrogen-bond donors (Lipinski definition) is 3. The van der Waals surface area contributed by atoms with Gasteiger partial charge < -0.3 is 20.7 Å². The van der Waals surface area contributed by atoms with Crippen LogP contribution in [0.25, 0.3) is 0 Å². The van der Waals surface area contributed by atoms with Gasteiger partial charge in [-0.1, -0.05) is 6.07 Å². The standard InChI is InChI=1S/C20H16N6O2/c1-12-10-22-20(24-14-4-2-3-13(7-14)9-21)26-19(12)23-15-5-6-17-16(8-15)25-18(27)11-28-17/h2-8,10H,11H2,1H3,(H,25,27)(H2,22,23,24,26). The van der Waals surface area contributed by atoms with Gasteiger partial charge in [0, 0.05) is 23.1 Å². The minimum atomic E-state index is -0.186. The van der Waals surface area contributed by atoms with Gasteiger partial charge in [0.2, 0.25) is 5.95 Å². The Morgan fingerprint density at radius 1 is 1.18 bits per heavy atom. The molecule has 3 aromatic rings. The van der Waals surface area contributed by atoms with Crippen LogP contribution >= 0.6 is 0 Å². The maximum Gasteiger partial charge on any atom is 0.262 e. The zero-order valence-corrected chi connectivity index (χ0v) is 15.0. The molecule has 0 spiro atoms. The Kier molecular flexibility index (Phi) is 4.48. The molecule has 3 N–H and O–H groups in total. The van der Waals surface area contributed by atoms with Gasteiger partial charge in [-0.25, -0.2) is 4.98 Å². The number of aryl methyl sites for hydroxylation is 1. The SMILES string of the molecule is Cc1cnc(Nc2cccc(C#N)c2)nc1Nc1ccc2c(c1)NC(=O)CO2. The van der Waals surface area contributed by atoms with Crippen molar-refractivity contribution >= 4 is 34.7 Å². The lowest BCUT2D eigenvalue weighted by Gasteiger charge is -2.19. The minimum Gasteiger partial charge on any atom is -0.482 e. The minimum absolute atomic E-state index is 0.0207. The number of nitriles is 1. The topological polar surface area (TPSA) is 112 Å². The van der Waals surface area contributed by atoms with Crippen molar-refractivity contribution in [1.29, 1.82) is 5.26 Å². The highest BCUT2D eigenvalue weighted by Crippen LogP contribution is 2.32. The van der Waals surface area contributed by atoms with Gasteiger partial charge >= 0.3 is 0 Å². The molecule has 0 radical (unpaired) electrons. The molecule has 2 heterocycles. The van der Waals surface area contributed by atoms with Crippen molar-refractivity contribution in [2.24, 2.45) is 0 Å². The molecule has 0 unspecified atom stereocenters. The van der Waals surface area contributed by atoms with Crippen LogP contribution in [-0.2, 0) is 4.79 Å². The molecule has 2 aromatic carbocycles. The van der Waals surface area contributed by atoms with Gasteiger partial charge in [-0.3, -0.25) is 4.79 Å². The van der Waals surface area contributed by atoms with Crippen LogP contribution < -0.4 is 20.7 Å². The average molecular weight is 372 g/mol. The molecule has 0 aliphatic carbocycles. The van der Waals surface area contributed by atoms with Crippen molar-refractivity contribution in [3.63, 3.8) is 0 Å². The van der Waals surface area contributed by atoms with E-state index < -0.39 is 0 Å². The summed E-state index contributed by atoms with van der Waals surface area (Å²) < 4.78 is 5.37. The summed E-state index contributed by atoms with van der Waals surface area (Å²) in [4.78, 5) is 20.3. The molecule has 8 nitrogen and oxygen atoms in total. The van der Waals surface area contributed by atoms with E-state index in [0.717, 1.165) is 16.9 Å². The van der Waals surface area contributed by atoms with Gasteiger partial charge in [0.15, 0.2) is 6.61 Å². The summed E-state index contributed by atoms with van der Waals surface area (Å²) >= 11 is 0. The molecule has 138 valence electrons. The molecule has 1 aliphatic rings. The largest absolute Gasteiger partial charge is 0.482 e. The number of fused-ring (bicyclic) bond motifs is 1. The Morgan fingerprint density at radius 3 is 2.89 bits per heavy atom. The predicted molar refractivity (Wildman–Crippen MR) is 105 cm³/mol. The van der Waals surface area contributed by atoms with Crippen LogP contribution in [0.2, 0.25) is 0 Å². The second-order valence-electron chi connectivity index (χ2n) is 6.22. The van der Waals surface area contributed by atoms with E-state index in [1.807, 2.05) is 19.1 Å². The smallest absolute Gasteiger partial charge is 0.262 e. The normalized spacial score (nSPS) is 12.2. The van der Waals surface area contributed by atoms with Crippen molar-refractivity contribution in [1.82, 2.24) is 9.97 Å². The summed E-state index contributed by atoms with van der Waals surface area (Å²) in [5.41, 5.74) is 3.49. The lowest BCUT2D eigenvalue weighted by atomic mass is 10.2. The fourth-order valence-electron chi connectivity index (χ4n) is 2.72. The summed E-state index contributed by atoms with van der Waals surface area (Å²) in [6, 6.07) is 14.6. The molecule has 0 saturated carbocycles. The van der Waals surface area contributed by atoms with Crippen LogP contribution in [0.5, 0.6) is 5.75 Å². The van der Waals surface area contributed by atoms with E-state index in [4.69, 9.17) is 10.00 Å². The lowest BCUT2D eigenvalue weighted by molar-refractivity contribution is -0.118. The maximum absolute atomic E-state index is 11.5. The first kappa shape index (κ1) is 17.3. The summed E-state index contributed by atoms with van der Waals surface area (Å²) in [7, 11) is 0. The van der Waals surface area contributed by atoms with E-state index in [-0.39, 0.29) is 12.5 Å². The number of rotatable bonds is 4. The molecule has 0 atom stereocenters. The van der Waals surface area contributed by atoms with Crippen molar-refractivity contribution < 1.29 is 9.53 Å². The van der Waals surface area contributed by atoms with Gasteiger partial charge in [0.1, 0.15) is 11.6 Å². The Labute approximate surface area is 161 Å². The zero-order valence-electron chi connectivity index (χ0n) is 15.0. The van der Waals surface area contributed by atoms with Crippen molar-refractivity contribution in [2.75, 3.05) is 22.6 Å². The quantitative estimate of drug-likeness (QED) is 0.643. The molecular weight excluding hydrogens is 356 g/mol. The molecule has 4 rings (SSSR count). The first-order valence-corrected chi connectivity index (χ1v) is 8.55. The van der Waals surface area contributed by atoms with Crippen LogP contribution in [0.1, 0.15) is 11.1 Å². The van der Waals surface area contributed by atoms with E-state index in [0.29, 0.717) is 28.8 Å². The molecule has 0 saturated heterocycles. The molecule has 1 amide bonds. The van der Waals surface area contributed by atoms with Gasteiger partial charge in [0.25, 0.3) is 5.91 Å². The van der Waals surface area contributed by atoms with E-state index >= 15 is 0 Å². The maximum atomic E-state index is 11.5. The van der Waals surface area contributed by atoms with E-state index in [1.165, 1.54) is 0 Å². The highest BCUT2D eigenvalue weighted by molar-refractivity contribution is 5.96. The summed E-state index contributed by atoms with van der Waals surface area (Å²) in [5.74, 6) is 1.47. The molecular formula is C20H16N6O2. The van der Waals surface area contributed by atoms with E-state index in [9.17, 15) is 4.79 Å². The monoisotopic (exact) mass is 372 g/mol. The number of nitrogens with zero attached hydrogens (tertiary/aromatic N) is 3. The third-order valence-electron chi connectivity index (χ3n) is 4.09. The molecule has 8 heteroatoms. The van der Waals surface area contributed by atoms with Crippen molar-refractivity contribution in [2.45, 2.75) is 6.92 Å². The molecule has 0 fully saturated rings. The third-order valence-corrected chi connectivity index (χ3v) is 4.09. The van der Waals surface area contributed by atoms with Crippen molar-refractivity contribution in [3.8, 4) is 11.8 Å². The van der Waals surface area contributed by atoms with E-state index in [2.05, 4.69) is 32.0 Å².